The summed E-state index contributed by atoms with van der Waals surface area (Å²) in [5, 5.41) is 0. The van der Waals surface area contributed by atoms with Crippen molar-refractivity contribution < 1.29 is 0 Å². The largest absolute Gasteiger partial charge is 0.305 e. The highest BCUT2D eigenvalue weighted by atomic mass is 15.1. The van der Waals surface area contributed by atoms with Gasteiger partial charge >= 0.3 is 0 Å². The number of nitrogens with zero attached hydrogens (tertiary/aromatic N) is 1. The van der Waals surface area contributed by atoms with Crippen molar-refractivity contribution in [3.63, 3.8) is 0 Å². The van der Waals surface area contributed by atoms with E-state index in [1.165, 1.54) is 31.5 Å². The molecule has 0 N–H and O–H groups in total. The number of allylic oxidation sites excluding steroid dienone is 4. The maximum atomic E-state index is 3.93. The van der Waals surface area contributed by atoms with Gasteiger partial charge in [-0.1, -0.05) is 37.3 Å². The molecule has 0 aromatic carbocycles. The van der Waals surface area contributed by atoms with E-state index in [1.807, 2.05) is 6.08 Å². The zero-order chi connectivity index (χ0) is 10.9. The molecular weight excluding hydrogens is 182 g/mol. The van der Waals surface area contributed by atoms with Gasteiger partial charge < -0.3 is 4.90 Å². The SMILES string of the molecule is C=CC1=C(C2(CC)CCN(C)C2)CC=C1. The van der Waals surface area contributed by atoms with Crippen molar-refractivity contribution in [1.82, 2.24) is 4.90 Å². The summed E-state index contributed by atoms with van der Waals surface area (Å²) in [6.45, 7) is 8.71. The fourth-order valence-electron chi connectivity index (χ4n) is 3.06. The summed E-state index contributed by atoms with van der Waals surface area (Å²) >= 11 is 0. The third-order valence-electron chi connectivity index (χ3n) is 4.05. The smallest absolute Gasteiger partial charge is 0.00731 e. The van der Waals surface area contributed by atoms with Gasteiger partial charge in [-0.2, -0.15) is 0 Å². The lowest BCUT2D eigenvalue weighted by molar-refractivity contribution is 0.317. The normalized spacial score (nSPS) is 31.6. The Morgan fingerprint density at radius 1 is 1.60 bits per heavy atom. The van der Waals surface area contributed by atoms with Crippen molar-refractivity contribution in [3.8, 4) is 0 Å². The van der Waals surface area contributed by atoms with E-state index in [0.717, 1.165) is 6.42 Å². The molecule has 0 saturated carbocycles. The standard InChI is InChI=1S/C14H21N/c1-4-12-7-6-8-13(12)14(5-2)9-10-15(3)11-14/h4,6-7H,1,5,8-11H2,2-3H3. The van der Waals surface area contributed by atoms with Crippen LogP contribution in [0, 0.1) is 5.41 Å². The first-order valence-corrected chi connectivity index (χ1v) is 5.93. The zero-order valence-electron chi connectivity index (χ0n) is 9.92. The molecule has 1 heteroatoms. The lowest BCUT2D eigenvalue weighted by atomic mass is 9.75. The first-order valence-electron chi connectivity index (χ1n) is 5.93. The van der Waals surface area contributed by atoms with E-state index in [1.54, 1.807) is 5.57 Å². The quantitative estimate of drug-likeness (QED) is 0.681. The summed E-state index contributed by atoms with van der Waals surface area (Å²) in [6.07, 6.45) is 10.2. The summed E-state index contributed by atoms with van der Waals surface area (Å²) in [5.41, 5.74) is 3.44. The van der Waals surface area contributed by atoms with Crippen molar-refractivity contribution in [1.29, 1.82) is 0 Å². The summed E-state index contributed by atoms with van der Waals surface area (Å²) in [6, 6.07) is 0. The minimum atomic E-state index is 0.432. The molecule has 1 unspecified atom stereocenters. The van der Waals surface area contributed by atoms with Gasteiger partial charge in [0.05, 0.1) is 0 Å². The molecule has 0 radical (unpaired) electrons. The molecule has 0 spiro atoms. The van der Waals surface area contributed by atoms with Crippen LogP contribution in [0.5, 0.6) is 0 Å². The minimum Gasteiger partial charge on any atom is -0.305 e. The highest BCUT2D eigenvalue weighted by Crippen LogP contribution is 2.45. The molecule has 1 aliphatic carbocycles. The molecule has 1 nitrogen and oxygen atoms in total. The molecule has 0 aromatic heterocycles. The summed E-state index contributed by atoms with van der Waals surface area (Å²) in [7, 11) is 2.23. The molecule has 0 aromatic rings. The molecule has 1 aliphatic heterocycles. The molecular formula is C14H21N. The van der Waals surface area contributed by atoms with Crippen LogP contribution in [-0.4, -0.2) is 25.0 Å². The Labute approximate surface area is 93.2 Å². The van der Waals surface area contributed by atoms with Crippen molar-refractivity contribution in [2.24, 2.45) is 5.41 Å². The second kappa shape index (κ2) is 3.97. The Balaban J connectivity index is 2.31. The molecule has 82 valence electrons. The monoisotopic (exact) mass is 203 g/mol. The second-order valence-electron chi connectivity index (χ2n) is 4.87. The number of likely N-dealkylation sites (tertiary alicyclic amines) is 1. The molecule has 1 atom stereocenters. The van der Waals surface area contributed by atoms with E-state index in [-0.39, 0.29) is 0 Å². The molecule has 0 amide bonds. The Bertz CT molecular complexity index is 324. The van der Waals surface area contributed by atoms with E-state index < -0.39 is 0 Å². The van der Waals surface area contributed by atoms with E-state index in [0.29, 0.717) is 5.41 Å². The van der Waals surface area contributed by atoms with E-state index in [4.69, 9.17) is 0 Å². The van der Waals surface area contributed by atoms with Crippen molar-refractivity contribution in [2.75, 3.05) is 20.1 Å². The Morgan fingerprint density at radius 2 is 2.40 bits per heavy atom. The Hall–Kier alpha value is -0.820. The Kier molecular flexibility index (Phi) is 2.83. The van der Waals surface area contributed by atoms with Crippen molar-refractivity contribution in [2.45, 2.75) is 26.2 Å². The summed E-state index contributed by atoms with van der Waals surface area (Å²) < 4.78 is 0. The molecule has 15 heavy (non-hydrogen) atoms. The van der Waals surface area contributed by atoms with Gasteiger partial charge in [0.25, 0.3) is 0 Å². The zero-order valence-corrected chi connectivity index (χ0v) is 9.92. The van der Waals surface area contributed by atoms with Crippen LogP contribution in [0.25, 0.3) is 0 Å². The Morgan fingerprint density at radius 3 is 2.93 bits per heavy atom. The lowest BCUT2D eigenvalue weighted by Crippen LogP contribution is -2.26. The lowest BCUT2D eigenvalue weighted by Gasteiger charge is -2.30. The van der Waals surface area contributed by atoms with Gasteiger partial charge in [-0.05, 0) is 38.4 Å². The van der Waals surface area contributed by atoms with Crippen LogP contribution in [0.15, 0.2) is 36.0 Å². The molecule has 2 aliphatic rings. The van der Waals surface area contributed by atoms with E-state index >= 15 is 0 Å². The molecule has 1 saturated heterocycles. The van der Waals surface area contributed by atoms with Gasteiger partial charge in [-0.25, -0.2) is 0 Å². The van der Waals surface area contributed by atoms with Gasteiger partial charge in [0.2, 0.25) is 0 Å². The molecule has 0 bridgehead atoms. The van der Waals surface area contributed by atoms with Gasteiger partial charge in [-0.15, -0.1) is 0 Å². The van der Waals surface area contributed by atoms with Gasteiger partial charge in [0.15, 0.2) is 0 Å². The van der Waals surface area contributed by atoms with Crippen LogP contribution in [0.2, 0.25) is 0 Å². The molecule has 1 heterocycles. The summed E-state index contributed by atoms with van der Waals surface area (Å²) in [5.74, 6) is 0. The van der Waals surface area contributed by atoms with Gasteiger partial charge in [-0.3, -0.25) is 0 Å². The number of rotatable bonds is 3. The average molecular weight is 203 g/mol. The number of hydrogen-bond donors (Lipinski definition) is 0. The number of hydrogen-bond acceptors (Lipinski definition) is 1. The van der Waals surface area contributed by atoms with E-state index in [2.05, 4.69) is 37.6 Å². The van der Waals surface area contributed by atoms with Crippen molar-refractivity contribution >= 4 is 0 Å². The van der Waals surface area contributed by atoms with Crippen LogP contribution in [0.1, 0.15) is 26.2 Å². The minimum absolute atomic E-state index is 0.432. The first-order chi connectivity index (χ1) is 7.22. The fraction of sp³-hybridized carbons (Fsp3) is 0.571. The maximum Gasteiger partial charge on any atom is 0.00731 e. The van der Waals surface area contributed by atoms with Crippen molar-refractivity contribution in [3.05, 3.63) is 36.0 Å². The fourth-order valence-corrected chi connectivity index (χ4v) is 3.06. The first kappa shape index (κ1) is 10.7. The predicted molar refractivity (Wildman–Crippen MR) is 65.8 cm³/mol. The van der Waals surface area contributed by atoms with Gasteiger partial charge in [0.1, 0.15) is 0 Å². The van der Waals surface area contributed by atoms with Crippen LogP contribution in [0.3, 0.4) is 0 Å². The van der Waals surface area contributed by atoms with Crippen LogP contribution < -0.4 is 0 Å². The van der Waals surface area contributed by atoms with Crippen LogP contribution in [-0.2, 0) is 0 Å². The average Bonchev–Trinajstić information content (AvgIpc) is 2.84. The highest BCUT2D eigenvalue weighted by molar-refractivity contribution is 5.44. The third-order valence-corrected chi connectivity index (χ3v) is 4.05. The predicted octanol–water partition coefficient (Wildman–Crippen LogP) is 3.16. The summed E-state index contributed by atoms with van der Waals surface area (Å²) in [4.78, 5) is 2.45. The second-order valence-corrected chi connectivity index (χ2v) is 4.87. The van der Waals surface area contributed by atoms with Crippen LogP contribution in [0.4, 0.5) is 0 Å². The van der Waals surface area contributed by atoms with Crippen LogP contribution >= 0.6 is 0 Å². The van der Waals surface area contributed by atoms with E-state index in [9.17, 15) is 0 Å². The maximum absolute atomic E-state index is 3.93. The molecule has 2 rings (SSSR count). The third kappa shape index (κ3) is 1.69. The molecule has 1 fully saturated rings. The topological polar surface area (TPSA) is 3.24 Å². The highest BCUT2D eigenvalue weighted by Gasteiger charge is 2.39. The van der Waals surface area contributed by atoms with Gasteiger partial charge in [0, 0.05) is 12.0 Å².